The van der Waals surface area contributed by atoms with Gasteiger partial charge in [-0.25, -0.2) is 0 Å². The Bertz CT molecular complexity index is 438. The number of halogens is 3. The lowest BCUT2D eigenvalue weighted by Crippen LogP contribution is -2.34. The van der Waals surface area contributed by atoms with Crippen molar-refractivity contribution >= 4 is 5.91 Å². The summed E-state index contributed by atoms with van der Waals surface area (Å²) in [6, 6.07) is 2.02. The lowest BCUT2D eigenvalue weighted by atomic mass is 10.2. The molecule has 0 spiro atoms. The molecule has 98 valence electrons. The molecule has 0 saturated heterocycles. The first-order valence-corrected chi connectivity index (χ1v) is 5.72. The van der Waals surface area contributed by atoms with Crippen LogP contribution in [0.3, 0.4) is 0 Å². The van der Waals surface area contributed by atoms with Gasteiger partial charge in [-0.15, -0.1) is 0 Å². The first-order chi connectivity index (χ1) is 8.38. The monoisotopic (exact) mass is 258 g/mol. The Labute approximate surface area is 102 Å². The summed E-state index contributed by atoms with van der Waals surface area (Å²) < 4.78 is 36.8. The summed E-state index contributed by atoms with van der Waals surface area (Å²) in [6.45, 7) is 1.90. The maximum atomic E-state index is 12.3. The van der Waals surface area contributed by atoms with E-state index >= 15 is 0 Å². The van der Waals surface area contributed by atoms with E-state index in [1.54, 1.807) is 0 Å². The number of carbonyl (C=O) groups excluding carboxylic acids is 1. The topological polar surface area (TPSA) is 42.0 Å². The molecule has 1 aliphatic rings. The number of rotatable bonds is 3. The SMILES string of the molecule is C[C@H](NC(=O)c1ccc(C(F)(F)F)nc1)C1CC1. The molecule has 2 rings (SSSR count). The van der Waals surface area contributed by atoms with Crippen LogP contribution >= 0.6 is 0 Å². The minimum absolute atomic E-state index is 0.0554. The highest BCUT2D eigenvalue weighted by molar-refractivity contribution is 5.94. The van der Waals surface area contributed by atoms with Crippen molar-refractivity contribution in [3.8, 4) is 0 Å². The molecule has 1 heterocycles. The molecular weight excluding hydrogens is 245 g/mol. The zero-order valence-corrected chi connectivity index (χ0v) is 9.79. The molecular formula is C12H13F3N2O. The van der Waals surface area contributed by atoms with Crippen molar-refractivity contribution in [1.29, 1.82) is 0 Å². The van der Waals surface area contributed by atoms with Gasteiger partial charge in [0.05, 0.1) is 5.56 Å². The van der Waals surface area contributed by atoms with Crippen molar-refractivity contribution in [3.63, 3.8) is 0 Å². The van der Waals surface area contributed by atoms with Crippen molar-refractivity contribution in [2.75, 3.05) is 0 Å². The fraction of sp³-hybridized carbons (Fsp3) is 0.500. The molecule has 1 aromatic rings. The number of pyridine rings is 1. The molecule has 6 heteroatoms. The fourth-order valence-electron chi connectivity index (χ4n) is 1.70. The third-order valence-corrected chi connectivity index (χ3v) is 3.00. The summed E-state index contributed by atoms with van der Waals surface area (Å²) in [5.74, 6) is 0.118. The highest BCUT2D eigenvalue weighted by Crippen LogP contribution is 2.32. The standard InChI is InChI=1S/C12H13F3N2O/c1-7(8-2-3-8)17-11(18)9-4-5-10(16-6-9)12(13,14)15/h4-8H,2-3H2,1H3,(H,17,18)/t7-/m0/s1. The molecule has 0 unspecified atom stereocenters. The zero-order chi connectivity index (χ0) is 13.3. The molecule has 0 aromatic carbocycles. The Hall–Kier alpha value is -1.59. The van der Waals surface area contributed by atoms with Crippen LogP contribution in [-0.4, -0.2) is 16.9 Å². The van der Waals surface area contributed by atoms with Crippen molar-refractivity contribution in [2.45, 2.75) is 32.0 Å². The van der Waals surface area contributed by atoms with Crippen LogP contribution in [-0.2, 0) is 6.18 Å². The number of nitrogens with zero attached hydrogens (tertiary/aromatic N) is 1. The van der Waals surface area contributed by atoms with Crippen LogP contribution in [0.4, 0.5) is 13.2 Å². The number of aromatic nitrogens is 1. The second-order valence-corrected chi connectivity index (χ2v) is 4.53. The number of amides is 1. The van der Waals surface area contributed by atoms with E-state index in [1.807, 2.05) is 6.92 Å². The second kappa shape index (κ2) is 4.59. The maximum absolute atomic E-state index is 12.3. The van der Waals surface area contributed by atoms with Gasteiger partial charge in [0.2, 0.25) is 0 Å². The van der Waals surface area contributed by atoms with Crippen LogP contribution in [0.2, 0.25) is 0 Å². The second-order valence-electron chi connectivity index (χ2n) is 4.53. The molecule has 1 N–H and O–H groups in total. The van der Waals surface area contributed by atoms with Crippen LogP contribution in [0.15, 0.2) is 18.3 Å². The summed E-state index contributed by atoms with van der Waals surface area (Å²) in [5.41, 5.74) is -0.843. The molecule has 18 heavy (non-hydrogen) atoms. The number of alkyl halides is 3. The summed E-state index contributed by atoms with van der Waals surface area (Å²) in [7, 11) is 0. The van der Waals surface area contributed by atoms with E-state index < -0.39 is 11.9 Å². The molecule has 0 bridgehead atoms. The number of hydrogen-bond acceptors (Lipinski definition) is 2. The normalized spacial score (nSPS) is 17.3. The van der Waals surface area contributed by atoms with Gasteiger partial charge in [0.15, 0.2) is 0 Å². The van der Waals surface area contributed by atoms with Crippen LogP contribution in [0, 0.1) is 5.92 Å². The van der Waals surface area contributed by atoms with Gasteiger partial charge in [0.25, 0.3) is 5.91 Å². The first kappa shape index (κ1) is 12.9. The quantitative estimate of drug-likeness (QED) is 0.905. The predicted octanol–water partition coefficient (Wildman–Crippen LogP) is 2.63. The molecule has 1 fully saturated rings. The number of nitrogens with one attached hydrogen (secondary N) is 1. The molecule has 0 radical (unpaired) electrons. The lowest BCUT2D eigenvalue weighted by molar-refractivity contribution is -0.141. The third-order valence-electron chi connectivity index (χ3n) is 3.00. The molecule has 1 aromatic heterocycles. The highest BCUT2D eigenvalue weighted by Gasteiger charge is 2.32. The Morgan fingerprint density at radius 3 is 2.56 bits per heavy atom. The van der Waals surface area contributed by atoms with Crippen LogP contribution in [0.25, 0.3) is 0 Å². The predicted molar refractivity (Wildman–Crippen MR) is 58.9 cm³/mol. The highest BCUT2D eigenvalue weighted by atomic mass is 19.4. The number of hydrogen-bond donors (Lipinski definition) is 1. The van der Waals surface area contributed by atoms with Gasteiger partial charge < -0.3 is 5.32 Å². The minimum Gasteiger partial charge on any atom is -0.349 e. The van der Waals surface area contributed by atoms with Gasteiger partial charge in [0.1, 0.15) is 5.69 Å². The minimum atomic E-state index is -4.48. The number of carbonyl (C=O) groups is 1. The van der Waals surface area contributed by atoms with E-state index in [2.05, 4.69) is 10.3 Å². The fourth-order valence-corrected chi connectivity index (χ4v) is 1.70. The summed E-state index contributed by atoms with van der Waals surface area (Å²) in [5, 5.41) is 2.76. The van der Waals surface area contributed by atoms with Gasteiger partial charge >= 0.3 is 6.18 Å². The Morgan fingerprint density at radius 2 is 2.11 bits per heavy atom. The lowest BCUT2D eigenvalue weighted by Gasteiger charge is -2.13. The average molecular weight is 258 g/mol. The first-order valence-electron chi connectivity index (χ1n) is 5.72. The Kier molecular flexibility index (Phi) is 3.28. The van der Waals surface area contributed by atoms with E-state index in [1.165, 1.54) is 0 Å². The van der Waals surface area contributed by atoms with Crippen molar-refractivity contribution in [2.24, 2.45) is 5.92 Å². The van der Waals surface area contributed by atoms with E-state index in [9.17, 15) is 18.0 Å². The molecule has 3 nitrogen and oxygen atoms in total. The average Bonchev–Trinajstić information content (AvgIpc) is 3.11. The zero-order valence-electron chi connectivity index (χ0n) is 9.79. The summed E-state index contributed by atoms with van der Waals surface area (Å²) in [4.78, 5) is 15.0. The van der Waals surface area contributed by atoms with E-state index in [4.69, 9.17) is 0 Å². The molecule has 1 amide bonds. The molecule has 1 aliphatic carbocycles. The van der Waals surface area contributed by atoms with Gasteiger partial charge in [-0.2, -0.15) is 13.2 Å². The maximum Gasteiger partial charge on any atom is 0.433 e. The van der Waals surface area contributed by atoms with Crippen LogP contribution < -0.4 is 5.32 Å². The Morgan fingerprint density at radius 1 is 1.44 bits per heavy atom. The van der Waals surface area contributed by atoms with Crippen molar-refractivity contribution in [1.82, 2.24) is 10.3 Å². The van der Waals surface area contributed by atoms with Crippen molar-refractivity contribution < 1.29 is 18.0 Å². The van der Waals surface area contributed by atoms with Crippen molar-refractivity contribution in [3.05, 3.63) is 29.6 Å². The van der Waals surface area contributed by atoms with Gasteiger partial charge in [-0.3, -0.25) is 9.78 Å². The van der Waals surface area contributed by atoms with Gasteiger partial charge in [-0.05, 0) is 37.8 Å². The van der Waals surface area contributed by atoms with Crippen LogP contribution in [0.1, 0.15) is 35.8 Å². The third kappa shape index (κ3) is 3.00. The molecule has 0 aliphatic heterocycles. The Balaban J connectivity index is 2.02. The van der Waals surface area contributed by atoms with Gasteiger partial charge in [-0.1, -0.05) is 0 Å². The summed E-state index contributed by atoms with van der Waals surface area (Å²) >= 11 is 0. The molecule has 1 atom stereocenters. The molecule has 1 saturated carbocycles. The largest absolute Gasteiger partial charge is 0.433 e. The summed E-state index contributed by atoms with van der Waals surface area (Å²) in [6.07, 6.45) is -1.34. The van der Waals surface area contributed by atoms with E-state index in [0.29, 0.717) is 5.92 Å². The van der Waals surface area contributed by atoms with Crippen LogP contribution in [0.5, 0.6) is 0 Å². The smallest absolute Gasteiger partial charge is 0.349 e. The van der Waals surface area contributed by atoms with Gasteiger partial charge in [0, 0.05) is 12.2 Å². The van der Waals surface area contributed by atoms with E-state index in [0.717, 1.165) is 31.2 Å². The van der Waals surface area contributed by atoms with E-state index in [-0.39, 0.29) is 17.5 Å².